The summed E-state index contributed by atoms with van der Waals surface area (Å²) in [7, 11) is -3.27. The molecule has 1 aliphatic rings. The molecule has 0 bridgehead atoms. The lowest BCUT2D eigenvalue weighted by Crippen LogP contribution is -2.35. The van der Waals surface area contributed by atoms with Crippen LogP contribution in [0.4, 0.5) is 4.39 Å². The number of fused-ring (bicyclic) bond motifs is 2. The monoisotopic (exact) mass is 481 g/mol. The lowest BCUT2D eigenvalue weighted by Gasteiger charge is -2.11. The van der Waals surface area contributed by atoms with Gasteiger partial charge in [-0.15, -0.1) is 0 Å². The second kappa shape index (κ2) is 8.25. The molecule has 4 aromatic rings. The quantitative estimate of drug-likeness (QED) is 0.432. The van der Waals surface area contributed by atoms with E-state index in [0.717, 1.165) is 21.9 Å². The van der Waals surface area contributed by atoms with Crippen molar-refractivity contribution in [1.82, 2.24) is 5.32 Å². The number of carbonyl (C=O) groups is 1. The topological polar surface area (TPSA) is 107 Å². The average Bonchev–Trinajstić information content (AvgIpc) is 3.35. The summed E-state index contributed by atoms with van der Waals surface area (Å²) in [6, 6.07) is 9.02. The van der Waals surface area contributed by atoms with Crippen LogP contribution >= 0.6 is 0 Å². The molecule has 2 aromatic heterocycles. The Morgan fingerprint density at radius 2 is 1.91 bits per heavy atom. The zero-order valence-corrected chi connectivity index (χ0v) is 18.9. The number of carbonyl (C=O) groups excluding carboxylic acids is 1. The Morgan fingerprint density at radius 1 is 1.15 bits per heavy atom. The molecule has 1 atom stereocenters. The Morgan fingerprint density at radius 3 is 2.62 bits per heavy atom. The van der Waals surface area contributed by atoms with Crippen LogP contribution in [0.3, 0.4) is 0 Å². The summed E-state index contributed by atoms with van der Waals surface area (Å²) < 4.78 is 47.5. The molecular weight excluding hydrogens is 461 g/mol. The number of aryl methyl sites for hydroxylation is 1. The fourth-order valence-electron chi connectivity index (χ4n) is 4.24. The highest BCUT2D eigenvalue weighted by atomic mass is 32.2. The third-order valence-electron chi connectivity index (χ3n) is 6.02. The smallest absolute Gasteiger partial charge is 0.339 e. The number of halogens is 1. The molecule has 1 aliphatic heterocycles. The number of hydrogen-bond acceptors (Lipinski definition) is 6. The van der Waals surface area contributed by atoms with E-state index in [1.807, 2.05) is 6.07 Å². The summed E-state index contributed by atoms with van der Waals surface area (Å²) in [5, 5.41) is 5.24. The number of sulfone groups is 1. The van der Waals surface area contributed by atoms with Crippen LogP contribution in [0.25, 0.3) is 33.1 Å². The van der Waals surface area contributed by atoms with Gasteiger partial charge < -0.3 is 14.2 Å². The highest BCUT2D eigenvalue weighted by molar-refractivity contribution is 7.94. The van der Waals surface area contributed by atoms with Crippen molar-refractivity contribution >= 4 is 37.7 Å². The molecule has 0 fully saturated rings. The predicted molar refractivity (Wildman–Crippen MR) is 126 cm³/mol. The van der Waals surface area contributed by atoms with Crippen LogP contribution in [-0.2, 0) is 21.1 Å². The maximum atomic E-state index is 13.3. The maximum Gasteiger partial charge on any atom is 0.339 e. The van der Waals surface area contributed by atoms with Crippen molar-refractivity contribution in [2.24, 2.45) is 0 Å². The second-order valence-corrected chi connectivity index (χ2v) is 10.3. The van der Waals surface area contributed by atoms with Crippen LogP contribution in [-0.4, -0.2) is 26.1 Å². The normalized spacial score (nSPS) is 16.9. The van der Waals surface area contributed by atoms with Gasteiger partial charge in [0.1, 0.15) is 17.0 Å². The van der Waals surface area contributed by atoms with Crippen LogP contribution in [0.15, 0.2) is 67.8 Å². The van der Waals surface area contributed by atoms with E-state index in [9.17, 15) is 22.4 Å². The van der Waals surface area contributed by atoms with E-state index in [1.54, 1.807) is 31.4 Å². The van der Waals surface area contributed by atoms with E-state index in [4.69, 9.17) is 8.83 Å². The van der Waals surface area contributed by atoms with Crippen molar-refractivity contribution in [3.05, 3.63) is 81.5 Å². The zero-order valence-electron chi connectivity index (χ0n) is 18.1. The first-order chi connectivity index (χ1) is 16.2. The molecule has 5 rings (SSSR count). The van der Waals surface area contributed by atoms with Gasteiger partial charge in [0.15, 0.2) is 9.84 Å². The standard InChI is InChI=1S/C25H20FNO6S/c1-14-18(6-7-24(28)27-17-8-9-34(30,31)13-17)25(29)33-23-11-22-20(10-19(14)23)21(12-32-22)15-2-4-16(26)5-3-15/h2-5,8-12,17H,6-7,13H2,1H3,(H,27,28)/t17-/m0/s1. The van der Waals surface area contributed by atoms with Crippen molar-refractivity contribution < 1.29 is 26.4 Å². The number of nitrogens with one attached hydrogen (secondary N) is 1. The van der Waals surface area contributed by atoms with Gasteiger partial charge in [0.2, 0.25) is 5.91 Å². The number of amides is 1. The number of furan rings is 1. The molecule has 0 saturated carbocycles. The molecule has 174 valence electrons. The van der Waals surface area contributed by atoms with Gasteiger partial charge in [-0.2, -0.15) is 0 Å². The Hall–Kier alpha value is -3.72. The van der Waals surface area contributed by atoms with Crippen molar-refractivity contribution in [2.45, 2.75) is 25.8 Å². The fourth-order valence-corrected chi connectivity index (χ4v) is 5.47. The van der Waals surface area contributed by atoms with Crippen molar-refractivity contribution in [3.8, 4) is 11.1 Å². The minimum absolute atomic E-state index is 0.0102. The Balaban J connectivity index is 1.44. The number of benzene rings is 2. The number of hydrogen-bond donors (Lipinski definition) is 1. The molecule has 1 amide bonds. The first-order valence-corrected chi connectivity index (χ1v) is 12.4. The lowest BCUT2D eigenvalue weighted by molar-refractivity contribution is -0.121. The van der Waals surface area contributed by atoms with Gasteiger partial charge in [0, 0.05) is 39.8 Å². The van der Waals surface area contributed by atoms with Crippen LogP contribution < -0.4 is 10.9 Å². The molecule has 0 aliphatic carbocycles. The van der Waals surface area contributed by atoms with Gasteiger partial charge in [-0.1, -0.05) is 12.1 Å². The van der Waals surface area contributed by atoms with Gasteiger partial charge in [0.25, 0.3) is 0 Å². The fraction of sp³-hybridized carbons (Fsp3) is 0.200. The molecule has 0 saturated heterocycles. The Labute approximate surface area is 193 Å². The molecule has 9 heteroatoms. The van der Waals surface area contributed by atoms with Crippen LogP contribution in [0.2, 0.25) is 0 Å². The van der Waals surface area contributed by atoms with Gasteiger partial charge in [-0.3, -0.25) is 4.79 Å². The lowest BCUT2D eigenvalue weighted by atomic mass is 9.99. The molecule has 1 N–H and O–H groups in total. The largest absolute Gasteiger partial charge is 0.464 e. The van der Waals surface area contributed by atoms with Crippen molar-refractivity contribution in [3.63, 3.8) is 0 Å². The van der Waals surface area contributed by atoms with Crippen molar-refractivity contribution in [2.75, 3.05) is 5.75 Å². The van der Waals surface area contributed by atoms with E-state index in [1.165, 1.54) is 18.2 Å². The predicted octanol–water partition coefficient (Wildman–Crippen LogP) is 4.01. The molecule has 0 spiro atoms. The minimum atomic E-state index is -3.27. The molecule has 0 unspecified atom stereocenters. The summed E-state index contributed by atoms with van der Waals surface area (Å²) in [5.74, 6) is -0.846. The third kappa shape index (κ3) is 4.14. The van der Waals surface area contributed by atoms with E-state index in [2.05, 4.69) is 5.32 Å². The SMILES string of the molecule is Cc1c(CCC(=O)N[C@H]2C=CS(=O)(=O)C2)c(=O)oc2cc3occ(-c4ccc(F)cc4)c3cc12. The number of rotatable bonds is 5. The second-order valence-electron chi connectivity index (χ2n) is 8.33. The first-order valence-electron chi connectivity index (χ1n) is 10.6. The highest BCUT2D eigenvalue weighted by Crippen LogP contribution is 2.34. The highest BCUT2D eigenvalue weighted by Gasteiger charge is 2.23. The average molecular weight is 482 g/mol. The summed E-state index contributed by atoms with van der Waals surface area (Å²) in [6.07, 6.45) is 3.18. The van der Waals surface area contributed by atoms with E-state index < -0.39 is 21.5 Å². The molecule has 7 nitrogen and oxygen atoms in total. The summed E-state index contributed by atoms with van der Waals surface area (Å²) in [5.41, 5.74) is 2.99. The maximum absolute atomic E-state index is 13.3. The van der Waals surface area contributed by atoms with Gasteiger partial charge >= 0.3 is 5.63 Å². The summed E-state index contributed by atoms with van der Waals surface area (Å²) >= 11 is 0. The van der Waals surface area contributed by atoms with Gasteiger partial charge in [0.05, 0.1) is 18.1 Å². The minimum Gasteiger partial charge on any atom is -0.464 e. The van der Waals surface area contributed by atoms with Crippen molar-refractivity contribution in [1.29, 1.82) is 0 Å². The van der Waals surface area contributed by atoms with E-state index in [-0.39, 0.29) is 30.3 Å². The molecule has 34 heavy (non-hydrogen) atoms. The molecule has 2 aromatic carbocycles. The van der Waals surface area contributed by atoms with Crippen LogP contribution in [0.5, 0.6) is 0 Å². The molecule has 3 heterocycles. The summed E-state index contributed by atoms with van der Waals surface area (Å²) in [4.78, 5) is 25.0. The van der Waals surface area contributed by atoms with Crippen LogP contribution in [0.1, 0.15) is 17.5 Å². The Bertz CT molecular complexity index is 1630. The van der Waals surface area contributed by atoms with Crippen LogP contribution in [0, 0.1) is 12.7 Å². The Kier molecular flexibility index (Phi) is 5.36. The first kappa shape index (κ1) is 22.1. The molecular formula is C25H20FNO6S. The van der Waals surface area contributed by atoms with Gasteiger partial charge in [-0.05, 0) is 48.7 Å². The van der Waals surface area contributed by atoms with E-state index in [0.29, 0.717) is 27.7 Å². The zero-order chi connectivity index (χ0) is 24.0. The van der Waals surface area contributed by atoms with Gasteiger partial charge in [-0.25, -0.2) is 17.6 Å². The molecule has 0 radical (unpaired) electrons. The van der Waals surface area contributed by atoms with E-state index >= 15 is 0 Å². The summed E-state index contributed by atoms with van der Waals surface area (Å²) in [6.45, 7) is 1.79. The third-order valence-corrected chi connectivity index (χ3v) is 7.41.